The fourth-order valence-corrected chi connectivity index (χ4v) is 3.07. The Morgan fingerprint density at radius 2 is 2.08 bits per heavy atom. The molecule has 0 aliphatic carbocycles. The maximum atomic E-state index is 12.2. The molecule has 0 saturated carbocycles. The minimum atomic E-state index is -1.00. The molecule has 1 atom stereocenters. The molecular weight excluding hydrogens is 336 g/mol. The topological polar surface area (TPSA) is 102 Å². The van der Waals surface area contributed by atoms with Crippen molar-refractivity contribution in [1.29, 1.82) is 0 Å². The highest BCUT2D eigenvalue weighted by molar-refractivity contribution is 5.88. The van der Waals surface area contributed by atoms with Crippen LogP contribution in [0.2, 0.25) is 0 Å². The van der Waals surface area contributed by atoms with Crippen molar-refractivity contribution in [3.05, 3.63) is 46.3 Å². The van der Waals surface area contributed by atoms with Gasteiger partial charge in [-0.05, 0) is 43.9 Å². The van der Waals surface area contributed by atoms with Crippen LogP contribution in [0.5, 0.6) is 5.75 Å². The third kappa shape index (κ3) is 4.62. The normalized spacial score (nSPS) is 11.8. The first-order valence-corrected chi connectivity index (χ1v) is 8.43. The van der Waals surface area contributed by atoms with Gasteiger partial charge in [0.05, 0.1) is 18.4 Å². The van der Waals surface area contributed by atoms with E-state index in [4.69, 9.17) is 14.4 Å². The van der Waals surface area contributed by atoms with Crippen LogP contribution in [0.4, 0.5) is 0 Å². The maximum absolute atomic E-state index is 12.2. The van der Waals surface area contributed by atoms with Crippen LogP contribution < -0.4 is 10.1 Å². The molecule has 7 heteroatoms. The van der Waals surface area contributed by atoms with Gasteiger partial charge in [-0.1, -0.05) is 18.1 Å². The number of hydrogen-bond donors (Lipinski definition) is 2. The van der Waals surface area contributed by atoms with Crippen molar-refractivity contribution in [3.63, 3.8) is 0 Å². The molecule has 1 aromatic carbocycles. The average Bonchev–Trinajstić information content (AvgIpc) is 2.93. The van der Waals surface area contributed by atoms with Crippen LogP contribution >= 0.6 is 0 Å². The Labute approximate surface area is 152 Å². The van der Waals surface area contributed by atoms with Crippen LogP contribution in [0.1, 0.15) is 52.2 Å². The highest BCUT2D eigenvalue weighted by atomic mass is 16.5. The number of carbonyl (C=O) groups is 2. The van der Waals surface area contributed by atoms with E-state index in [0.29, 0.717) is 25.1 Å². The van der Waals surface area contributed by atoms with E-state index in [2.05, 4.69) is 10.5 Å². The van der Waals surface area contributed by atoms with Gasteiger partial charge in [0.15, 0.2) is 0 Å². The van der Waals surface area contributed by atoms with Crippen molar-refractivity contribution in [2.24, 2.45) is 0 Å². The Bertz CT molecular complexity index is 778. The number of aromatic carboxylic acids is 1. The number of aryl methyl sites for hydroxylation is 2. The van der Waals surface area contributed by atoms with E-state index in [1.807, 2.05) is 20.8 Å². The summed E-state index contributed by atoms with van der Waals surface area (Å²) in [6.07, 6.45) is 0.895. The Hall–Kier alpha value is -2.83. The molecule has 1 amide bonds. The molecule has 1 unspecified atom stereocenters. The summed E-state index contributed by atoms with van der Waals surface area (Å²) in [7, 11) is 1.49. The number of nitrogens with zero attached hydrogens (tertiary/aromatic N) is 1. The Kier molecular flexibility index (Phi) is 6.38. The number of aromatic nitrogens is 1. The highest BCUT2D eigenvalue weighted by Gasteiger charge is 2.19. The molecule has 0 aliphatic rings. The van der Waals surface area contributed by atoms with Gasteiger partial charge in [0.1, 0.15) is 11.5 Å². The molecule has 2 N–H and O–H groups in total. The van der Waals surface area contributed by atoms with Gasteiger partial charge in [-0.25, -0.2) is 4.79 Å². The lowest BCUT2D eigenvalue weighted by atomic mass is 9.96. The third-order valence-corrected chi connectivity index (χ3v) is 4.32. The lowest BCUT2D eigenvalue weighted by molar-refractivity contribution is -0.121. The molecule has 26 heavy (non-hydrogen) atoms. The van der Waals surface area contributed by atoms with Crippen molar-refractivity contribution in [3.8, 4) is 5.75 Å². The van der Waals surface area contributed by atoms with Crippen LogP contribution in [-0.2, 0) is 11.2 Å². The summed E-state index contributed by atoms with van der Waals surface area (Å²) in [5.74, 6) is 0.204. The number of ether oxygens (including phenoxy) is 1. The van der Waals surface area contributed by atoms with Crippen molar-refractivity contribution < 1.29 is 24.0 Å². The number of rotatable bonds is 8. The highest BCUT2D eigenvalue weighted by Crippen LogP contribution is 2.25. The SMILES string of the molecule is COc1cc(C(=O)O)ccc1CCNC(=O)CC(C)c1c(C)noc1C. The standard InChI is InChI=1S/C19H24N2O5/c1-11(18-12(2)21-26-13(18)3)9-17(22)20-8-7-14-5-6-15(19(23)24)10-16(14)25-4/h5-6,10-11H,7-9H2,1-4H3,(H,20,22)(H,23,24). The Morgan fingerprint density at radius 1 is 1.35 bits per heavy atom. The first-order valence-electron chi connectivity index (χ1n) is 8.43. The van der Waals surface area contributed by atoms with Crippen molar-refractivity contribution >= 4 is 11.9 Å². The third-order valence-electron chi connectivity index (χ3n) is 4.32. The second kappa shape index (κ2) is 8.51. The zero-order valence-corrected chi connectivity index (χ0v) is 15.5. The van der Waals surface area contributed by atoms with E-state index >= 15 is 0 Å². The average molecular weight is 360 g/mol. The van der Waals surface area contributed by atoms with E-state index in [0.717, 1.165) is 22.6 Å². The van der Waals surface area contributed by atoms with Gasteiger partial charge in [0.25, 0.3) is 0 Å². The van der Waals surface area contributed by atoms with E-state index in [-0.39, 0.29) is 17.4 Å². The minimum Gasteiger partial charge on any atom is -0.496 e. The lowest BCUT2D eigenvalue weighted by Gasteiger charge is -2.13. The van der Waals surface area contributed by atoms with Gasteiger partial charge in [-0.2, -0.15) is 0 Å². The summed E-state index contributed by atoms with van der Waals surface area (Å²) in [5.41, 5.74) is 2.80. The second-order valence-corrected chi connectivity index (χ2v) is 6.27. The summed E-state index contributed by atoms with van der Waals surface area (Å²) in [6, 6.07) is 4.72. The number of amides is 1. The van der Waals surface area contributed by atoms with Gasteiger partial charge in [-0.15, -0.1) is 0 Å². The molecule has 0 fully saturated rings. The fraction of sp³-hybridized carbons (Fsp3) is 0.421. The van der Waals surface area contributed by atoms with Gasteiger partial charge in [0, 0.05) is 18.5 Å². The Morgan fingerprint density at radius 3 is 2.65 bits per heavy atom. The smallest absolute Gasteiger partial charge is 0.335 e. The molecule has 1 heterocycles. The van der Waals surface area contributed by atoms with Crippen LogP contribution in [-0.4, -0.2) is 35.8 Å². The van der Waals surface area contributed by atoms with E-state index in [1.54, 1.807) is 6.07 Å². The number of carbonyl (C=O) groups excluding carboxylic acids is 1. The fourth-order valence-electron chi connectivity index (χ4n) is 3.07. The molecular formula is C19H24N2O5. The van der Waals surface area contributed by atoms with E-state index in [1.165, 1.54) is 19.2 Å². The molecule has 0 saturated heterocycles. The second-order valence-electron chi connectivity index (χ2n) is 6.27. The summed E-state index contributed by atoms with van der Waals surface area (Å²) >= 11 is 0. The van der Waals surface area contributed by atoms with E-state index < -0.39 is 5.97 Å². The molecule has 2 aromatic rings. The van der Waals surface area contributed by atoms with Crippen LogP contribution in [0.25, 0.3) is 0 Å². The molecule has 0 aliphatic heterocycles. The molecule has 0 spiro atoms. The minimum absolute atomic E-state index is 0.0191. The zero-order valence-electron chi connectivity index (χ0n) is 15.5. The first kappa shape index (κ1) is 19.5. The predicted molar refractivity (Wildman–Crippen MR) is 95.7 cm³/mol. The number of nitrogens with one attached hydrogen (secondary N) is 1. The quantitative estimate of drug-likeness (QED) is 0.750. The van der Waals surface area contributed by atoms with Crippen molar-refractivity contribution in [2.75, 3.05) is 13.7 Å². The zero-order chi connectivity index (χ0) is 19.3. The van der Waals surface area contributed by atoms with Crippen molar-refractivity contribution in [1.82, 2.24) is 10.5 Å². The molecule has 0 bridgehead atoms. The summed E-state index contributed by atoms with van der Waals surface area (Å²) in [4.78, 5) is 23.2. The summed E-state index contributed by atoms with van der Waals surface area (Å²) in [6.45, 7) is 6.12. The van der Waals surface area contributed by atoms with Gasteiger partial charge in [0.2, 0.25) is 5.91 Å². The summed E-state index contributed by atoms with van der Waals surface area (Å²) < 4.78 is 10.4. The van der Waals surface area contributed by atoms with Crippen LogP contribution in [0.15, 0.2) is 22.7 Å². The maximum Gasteiger partial charge on any atom is 0.335 e. The van der Waals surface area contributed by atoms with Gasteiger partial charge in [-0.3, -0.25) is 4.79 Å². The number of benzene rings is 1. The Balaban J connectivity index is 1.89. The number of carboxylic acids is 1. The number of methoxy groups -OCH3 is 1. The van der Waals surface area contributed by atoms with Crippen LogP contribution in [0.3, 0.4) is 0 Å². The van der Waals surface area contributed by atoms with E-state index in [9.17, 15) is 9.59 Å². The predicted octanol–water partition coefficient (Wildman–Crippen LogP) is 2.85. The lowest BCUT2D eigenvalue weighted by Crippen LogP contribution is -2.27. The number of hydrogen-bond acceptors (Lipinski definition) is 5. The monoisotopic (exact) mass is 360 g/mol. The first-order chi connectivity index (χ1) is 12.3. The van der Waals surface area contributed by atoms with Crippen molar-refractivity contribution in [2.45, 2.75) is 39.5 Å². The molecule has 1 aromatic heterocycles. The largest absolute Gasteiger partial charge is 0.496 e. The summed E-state index contributed by atoms with van der Waals surface area (Å²) in [5, 5.41) is 15.8. The van der Waals surface area contributed by atoms with Gasteiger partial charge < -0.3 is 19.7 Å². The number of carboxylic acid groups (broad SMARTS) is 1. The van der Waals surface area contributed by atoms with Crippen LogP contribution in [0, 0.1) is 13.8 Å². The van der Waals surface area contributed by atoms with Gasteiger partial charge >= 0.3 is 5.97 Å². The molecule has 0 radical (unpaired) electrons. The molecule has 140 valence electrons. The molecule has 7 nitrogen and oxygen atoms in total. The molecule has 2 rings (SSSR count).